The molecule has 8 heteroatoms. The fraction of sp³-hybridized carbons (Fsp3) is 0.652. The molecule has 1 atom stereocenters. The predicted molar refractivity (Wildman–Crippen MR) is 119 cm³/mol. The van der Waals surface area contributed by atoms with E-state index in [4.69, 9.17) is 9.47 Å². The first-order valence-electron chi connectivity index (χ1n) is 11.3. The van der Waals surface area contributed by atoms with Gasteiger partial charge in [0.2, 0.25) is 5.91 Å². The summed E-state index contributed by atoms with van der Waals surface area (Å²) in [4.78, 5) is 18.6. The van der Waals surface area contributed by atoms with E-state index < -0.39 is 0 Å². The molecule has 2 saturated heterocycles. The highest BCUT2D eigenvalue weighted by Gasteiger charge is 2.23. The first-order valence-corrected chi connectivity index (χ1v) is 11.3. The van der Waals surface area contributed by atoms with Gasteiger partial charge in [-0.3, -0.25) is 9.79 Å². The average molecular weight is 435 g/mol. The summed E-state index contributed by atoms with van der Waals surface area (Å²) in [5, 5.41) is 6.17. The summed E-state index contributed by atoms with van der Waals surface area (Å²) in [5.74, 6) is 0.392. The van der Waals surface area contributed by atoms with E-state index in [1.165, 1.54) is 18.6 Å². The third-order valence-electron chi connectivity index (χ3n) is 5.73. The van der Waals surface area contributed by atoms with Crippen molar-refractivity contribution in [2.24, 2.45) is 4.99 Å². The monoisotopic (exact) mass is 434 g/mol. The van der Waals surface area contributed by atoms with Gasteiger partial charge in [0.15, 0.2) is 5.96 Å². The van der Waals surface area contributed by atoms with E-state index >= 15 is 0 Å². The van der Waals surface area contributed by atoms with Crippen LogP contribution in [0.4, 0.5) is 4.39 Å². The lowest BCUT2D eigenvalue weighted by Crippen LogP contribution is -2.48. The number of halogens is 1. The Morgan fingerprint density at radius 1 is 1.23 bits per heavy atom. The molecule has 2 aliphatic rings. The number of carbonyl (C=O) groups is 1. The molecule has 2 fully saturated rings. The highest BCUT2D eigenvalue weighted by molar-refractivity contribution is 5.80. The van der Waals surface area contributed by atoms with Crippen molar-refractivity contribution < 1.29 is 18.7 Å². The van der Waals surface area contributed by atoms with Gasteiger partial charge in [-0.15, -0.1) is 0 Å². The van der Waals surface area contributed by atoms with Crippen LogP contribution in [0.5, 0.6) is 0 Å². The Bertz CT molecular complexity index is 717. The van der Waals surface area contributed by atoms with Gasteiger partial charge in [0.1, 0.15) is 5.82 Å². The topological polar surface area (TPSA) is 75.2 Å². The average Bonchev–Trinajstić information content (AvgIpc) is 2.79. The normalized spacial score (nSPS) is 20.5. The first-order chi connectivity index (χ1) is 15.1. The van der Waals surface area contributed by atoms with Gasteiger partial charge in [-0.05, 0) is 49.8 Å². The number of guanidine groups is 1. The second-order valence-corrected chi connectivity index (χ2v) is 8.14. The number of carbonyl (C=O) groups excluding carboxylic acids is 1. The molecule has 7 nitrogen and oxygen atoms in total. The molecule has 1 aromatic rings. The molecular weight excluding hydrogens is 399 g/mol. The van der Waals surface area contributed by atoms with Gasteiger partial charge in [0.25, 0.3) is 0 Å². The standard InChI is InChI=1S/C23H35FN4O3/c1-25-23(27-11-10-26-22(29)16-18-5-4-6-19(24)15-18)28-12-8-20(9-13-28)31-17-21-7-2-3-14-30-21/h4-6,15,20-21H,2-3,7-14,16-17H2,1H3,(H,25,27)(H,26,29). The van der Waals surface area contributed by atoms with Crippen molar-refractivity contribution in [2.45, 2.75) is 50.7 Å². The largest absolute Gasteiger partial charge is 0.376 e. The maximum Gasteiger partial charge on any atom is 0.224 e. The van der Waals surface area contributed by atoms with Crippen LogP contribution in [0.3, 0.4) is 0 Å². The molecule has 2 N–H and O–H groups in total. The second kappa shape index (κ2) is 12.6. The van der Waals surface area contributed by atoms with Gasteiger partial charge in [0.05, 0.1) is 25.2 Å². The number of amides is 1. The lowest BCUT2D eigenvalue weighted by molar-refractivity contribution is -0.120. The van der Waals surface area contributed by atoms with Crippen molar-refractivity contribution in [2.75, 3.05) is 46.4 Å². The zero-order valence-corrected chi connectivity index (χ0v) is 18.4. The Balaban J connectivity index is 1.29. The Labute approximate surface area is 184 Å². The number of nitrogens with zero attached hydrogens (tertiary/aromatic N) is 2. The molecule has 1 aromatic carbocycles. The number of rotatable bonds is 8. The minimum Gasteiger partial charge on any atom is -0.376 e. The smallest absolute Gasteiger partial charge is 0.224 e. The molecule has 0 spiro atoms. The summed E-state index contributed by atoms with van der Waals surface area (Å²) < 4.78 is 25.0. The van der Waals surface area contributed by atoms with E-state index in [1.807, 2.05) is 0 Å². The van der Waals surface area contributed by atoms with Crippen molar-refractivity contribution in [3.63, 3.8) is 0 Å². The lowest BCUT2D eigenvalue weighted by atomic mass is 10.1. The number of ether oxygens (including phenoxy) is 2. The van der Waals surface area contributed by atoms with Crippen LogP contribution in [-0.2, 0) is 20.7 Å². The van der Waals surface area contributed by atoms with Crippen LogP contribution in [-0.4, -0.2) is 75.4 Å². The minimum atomic E-state index is -0.327. The number of likely N-dealkylation sites (tertiary alicyclic amines) is 1. The van der Waals surface area contributed by atoms with Crippen LogP contribution in [0, 0.1) is 5.82 Å². The second-order valence-electron chi connectivity index (χ2n) is 8.14. The van der Waals surface area contributed by atoms with Gasteiger partial charge >= 0.3 is 0 Å². The number of nitrogens with one attached hydrogen (secondary N) is 2. The van der Waals surface area contributed by atoms with E-state index in [2.05, 4.69) is 20.5 Å². The van der Waals surface area contributed by atoms with E-state index in [0.29, 0.717) is 25.3 Å². The summed E-state index contributed by atoms with van der Waals surface area (Å²) in [6.45, 7) is 4.40. The summed E-state index contributed by atoms with van der Waals surface area (Å²) in [6, 6.07) is 6.12. The summed E-state index contributed by atoms with van der Waals surface area (Å²) in [6.07, 6.45) is 6.16. The van der Waals surface area contributed by atoms with E-state index in [-0.39, 0.29) is 30.4 Å². The molecule has 172 valence electrons. The highest BCUT2D eigenvalue weighted by atomic mass is 19.1. The van der Waals surface area contributed by atoms with Crippen molar-refractivity contribution in [1.29, 1.82) is 0 Å². The van der Waals surface area contributed by atoms with Gasteiger partial charge in [-0.1, -0.05) is 12.1 Å². The van der Waals surface area contributed by atoms with Gasteiger partial charge < -0.3 is 25.0 Å². The van der Waals surface area contributed by atoms with Gasteiger partial charge in [-0.2, -0.15) is 0 Å². The molecule has 0 radical (unpaired) electrons. The fourth-order valence-corrected chi connectivity index (χ4v) is 4.02. The number of piperidine rings is 1. The van der Waals surface area contributed by atoms with Crippen LogP contribution in [0.25, 0.3) is 0 Å². The van der Waals surface area contributed by atoms with Crippen LogP contribution in [0.2, 0.25) is 0 Å². The third-order valence-corrected chi connectivity index (χ3v) is 5.73. The third kappa shape index (κ3) is 8.10. The van der Waals surface area contributed by atoms with Crippen LogP contribution in [0.15, 0.2) is 29.3 Å². The molecule has 0 bridgehead atoms. The molecule has 3 rings (SSSR count). The SMILES string of the molecule is CN=C(NCCNC(=O)Cc1cccc(F)c1)N1CCC(OCC2CCCCO2)CC1. The predicted octanol–water partition coefficient (Wildman–Crippen LogP) is 2.11. The fourth-order valence-electron chi connectivity index (χ4n) is 4.02. The van der Waals surface area contributed by atoms with Gasteiger partial charge in [0, 0.05) is 39.8 Å². The number of aliphatic imine (C=N–C) groups is 1. The van der Waals surface area contributed by atoms with Crippen molar-refractivity contribution in [1.82, 2.24) is 15.5 Å². The molecule has 0 saturated carbocycles. The summed E-state index contributed by atoms with van der Waals surface area (Å²) >= 11 is 0. The molecule has 2 heterocycles. The van der Waals surface area contributed by atoms with E-state index in [9.17, 15) is 9.18 Å². The van der Waals surface area contributed by atoms with Crippen molar-refractivity contribution in [3.05, 3.63) is 35.6 Å². The van der Waals surface area contributed by atoms with E-state index in [0.717, 1.165) is 51.3 Å². The summed E-state index contributed by atoms with van der Waals surface area (Å²) in [7, 11) is 1.77. The Morgan fingerprint density at radius 2 is 2.03 bits per heavy atom. The molecule has 0 aromatic heterocycles. The Morgan fingerprint density at radius 3 is 2.74 bits per heavy atom. The Kier molecular flexibility index (Phi) is 9.55. The zero-order valence-electron chi connectivity index (χ0n) is 18.4. The number of hydrogen-bond donors (Lipinski definition) is 2. The quantitative estimate of drug-likeness (QED) is 0.372. The lowest BCUT2D eigenvalue weighted by Gasteiger charge is -2.35. The Hall–Kier alpha value is -2.19. The van der Waals surface area contributed by atoms with Crippen LogP contribution in [0.1, 0.15) is 37.7 Å². The number of hydrogen-bond acceptors (Lipinski definition) is 4. The maximum atomic E-state index is 13.2. The van der Waals surface area contributed by atoms with E-state index in [1.54, 1.807) is 19.2 Å². The van der Waals surface area contributed by atoms with Gasteiger partial charge in [-0.25, -0.2) is 4.39 Å². The van der Waals surface area contributed by atoms with Crippen LogP contribution >= 0.6 is 0 Å². The molecule has 1 amide bonds. The molecule has 0 aliphatic carbocycles. The molecule has 31 heavy (non-hydrogen) atoms. The highest BCUT2D eigenvalue weighted by Crippen LogP contribution is 2.17. The maximum absolute atomic E-state index is 13.2. The van der Waals surface area contributed by atoms with Crippen LogP contribution < -0.4 is 10.6 Å². The summed E-state index contributed by atoms with van der Waals surface area (Å²) in [5.41, 5.74) is 0.668. The minimum absolute atomic E-state index is 0.123. The van der Waals surface area contributed by atoms with Crippen molar-refractivity contribution in [3.8, 4) is 0 Å². The molecule has 1 unspecified atom stereocenters. The molecule has 2 aliphatic heterocycles. The van der Waals surface area contributed by atoms with Crippen molar-refractivity contribution >= 4 is 11.9 Å². The zero-order chi connectivity index (χ0) is 21.9. The first kappa shape index (κ1) is 23.5. The molecular formula is C23H35FN4O3. The number of benzene rings is 1.